The number of aryl methyl sites for hydroxylation is 2. The van der Waals surface area contributed by atoms with Crippen molar-refractivity contribution in [2.24, 2.45) is 11.8 Å². The highest BCUT2D eigenvalue weighted by molar-refractivity contribution is 5.81. The lowest BCUT2D eigenvalue weighted by molar-refractivity contribution is 0.393. The van der Waals surface area contributed by atoms with Crippen molar-refractivity contribution >= 4 is 5.69 Å². The van der Waals surface area contributed by atoms with Crippen LogP contribution in [0.4, 0.5) is 5.69 Å². The Bertz CT molecular complexity index is 1880. The van der Waals surface area contributed by atoms with Crippen molar-refractivity contribution < 1.29 is 0 Å². The van der Waals surface area contributed by atoms with Crippen LogP contribution in [0.5, 0.6) is 0 Å². The average molecular weight is 779 g/mol. The zero-order chi connectivity index (χ0) is 43.3. The molecule has 2 N–H and O–H groups in total. The van der Waals surface area contributed by atoms with Gasteiger partial charge in [0.15, 0.2) is 0 Å². The summed E-state index contributed by atoms with van der Waals surface area (Å²) in [6.07, 6.45) is 7.76. The molecule has 0 saturated carbocycles. The lowest BCUT2D eigenvalue weighted by Gasteiger charge is -2.35. The van der Waals surface area contributed by atoms with Gasteiger partial charge in [-0.05, 0) is 141 Å². The first kappa shape index (κ1) is 49.3. The maximum absolute atomic E-state index is 3.31. The molecule has 2 heteroatoms. The summed E-state index contributed by atoms with van der Waals surface area (Å²) in [5.41, 5.74) is 16.1. The largest absolute Gasteiger partial charge is 0.385 e. The van der Waals surface area contributed by atoms with E-state index in [0.29, 0.717) is 17.8 Å². The molecule has 2 nitrogen and oxygen atoms in total. The van der Waals surface area contributed by atoms with E-state index in [9.17, 15) is 0 Å². The Balaban J connectivity index is 0.000000404. The lowest BCUT2D eigenvalue weighted by Crippen LogP contribution is -2.31. The molecule has 5 aromatic carbocycles. The fourth-order valence-electron chi connectivity index (χ4n) is 7.03. The highest BCUT2D eigenvalue weighted by Crippen LogP contribution is 2.44. The monoisotopic (exact) mass is 779 g/mol. The molecule has 3 unspecified atom stereocenters. The second kappa shape index (κ2) is 25.5. The van der Waals surface area contributed by atoms with Gasteiger partial charge < -0.3 is 10.6 Å². The fraction of sp³-hybridized carbons (Fsp3) is 0.393. The van der Waals surface area contributed by atoms with Crippen LogP contribution in [0.2, 0.25) is 0 Å². The molecule has 3 atom stereocenters. The van der Waals surface area contributed by atoms with Crippen LogP contribution in [0, 0.1) is 25.7 Å². The van der Waals surface area contributed by atoms with Gasteiger partial charge in [-0.1, -0.05) is 183 Å². The molecule has 312 valence electrons. The normalized spacial score (nSPS) is 15.9. The Morgan fingerprint density at radius 3 is 1.45 bits per heavy atom. The molecule has 0 amide bonds. The highest BCUT2D eigenvalue weighted by Gasteiger charge is 2.29. The van der Waals surface area contributed by atoms with Gasteiger partial charge in [-0.25, -0.2) is 0 Å². The van der Waals surface area contributed by atoms with Gasteiger partial charge in [0.1, 0.15) is 0 Å². The van der Waals surface area contributed by atoms with E-state index in [1.165, 1.54) is 75.0 Å². The first-order valence-electron chi connectivity index (χ1n) is 22.1. The van der Waals surface area contributed by atoms with Crippen molar-refractivity contribution in [1.82, 2.24) is 5.32 Å². The van der Waals surface area contributed by atoms with Crippen LogP contribution in [0.1, 0.15) is 132 Å². The number of para-hydroxylation sites is 1. The Labute approximate surface area is 356 Å². The second-order valence-electron chi connectivity index (χ2n) is 16.2. The van der Waals surface area contributed by atoms with Crippen LogP contribution in [0.15, 0.2) is 145 Å². The third-order valence-corrected chi connectivity index (χ3v) is 10.9. The van der Waals surface area contributed by atoms with E-state index < -0.39 is 0 Å². The molecule has 0 spiro atoms. The van der Waals surface area contributed by atoms with Crippen LogP contribution >= 0.6 is 0 Å². The molecule has 0 heterocycles. The molecule has 1 aliphatic rings. The Morgan fingerprint density at radius 2 is 0.983 bits per heavy atom. The Hall–Kier alpha value is -4.82. The number of rotatable bonds is 8. The van der Waals surface area contributed by atoms with E-state index >= 15 is 0 Å². The number of hydrogen-bond donors (Lipinski definition) is 2. The van der Waals surface area contributed by atoms with E-state index in [0.717, 1.165) is 0 Å². The summed E-state index contributed by atoms with van der Waals surface area (Å²) in [5.74, 6) is 1.81. The molecule has 0 radical (unpaired) electrons. The van der Waals surface area contributed by atoms with Crippen LogP contribution in [-0.4, -0.2) is 5.54 Å². The maximum atomic E-state index is 3.31. The number of benzene rings is 5. The summed E-state index contributed by atoms with van der Waals surface area (Å²) >= 11 is 0. The third kappa shape index (κ3) is 15.2. The highest BCUT2D eigenvalue weighted by atomic mass is 14.9. The smallest absolute Gasteiger partial charge is 0.0439 e. The van der Waals surface area contributed by atoms with E-state index in [2.05, 4.69) is 208 Å². The molecule has 0 aromatic heterocycles. The molecule has 0 bridgehead atoms. The van der Waals surface area contributed by atoms with Crippen molar-refractivity contribution in [3.8, 4) is 33.4 Å². The van der Waals surface area contributed by atoms with Gasteiger partial charge in [0.05, 0.1) is 0 Å². The van der Waals surface area contributed by atoms with Gasteiger partial charge in [0.2, 0.25) is 0 Å². The molecule has 0 saturated heterocycles. The van der Waals surface area contributed by atoms with Crippen LogP contribution in [0.25, 0.3) is 33.4 Å². The number of anilines is 1. The quantitative estimate of drug-likeness (QED) is 0.153. The summed E-state index contributed by atoms with van der Waals surface area (Å²) in [7, 11) is 0. The zero-order valence-electron chi connectivity index (χ0n) is 39.1. The molecule has 0 fully saturated rings. The summed E-state index contributed by atoms with van der Waals surface area (Å²) in [4.78, 5) is 0. The molecule has 58 heavy (non-hydrogen) atoms. The van der Waals surface area contributed by atoms with Crippen molar-refractivity contribution in [1.29, 1.82) is 0 Å². The Morgan fingerprint density at radius 1 is 0.534 bits per heavy atom. The maximum Gasteiger partial charge on any atom is 0.0439 e. The summed E-state index contributed by atoms with van der Waals surface area (Å²) in [5, 5.41) is 6.60. The number of hydrogen-bond acceptors (Lipinski definition) is 2. The predicted octanol–water partition coefficient (Wildman–Crippen LogP) is 17.2. The molecular formula is C56H78N2. The van der Waals surface area contributed by atoms with Gasteiger partial charge in [-0.2, -0.15) is 0 Å². The van der Waals surface area contributed by atoms with Gasteiger partial charge in [-0.3, -0.25) is 0 Å². The summed E-state index contributed by atoms with van der Waals surface area (Å²) in [6, 6.07) is 44.1. The average Bonchev–Trinajstić information content (AvgIpc) is 3.25. The Kier molecular flexibility index (Phi) is 21.7. The van der Waals surface area contributed by atoms with Crippen LogP contribution in [-0.2, 0) is 0 Å². The number of allylic oxidation sites excluding steroid dienone is 2. The van der Waals surface area contributed by atoms with Gasteiger partial charge in [0.25, 0.3) is 0 Å². The standard InChI is InChI=1S/C34H34.C14H22N2.C4H10.2C2H6/c1-23-18-34(26(4)25(3)24(23)2)30-17-11-16-29(19-30)33-21-31(27-12-7-5-8-13-27)20-32(22-33)28-14-9-6-10-15-28;1-11-7-6-8-12(2)13(11)15-9-10-16-14(3,4)5;1-3-4-2;2*1-2/h5-17,19-23,26,34H,18H2,1-4H3;6-10,15-16H,1-5H3;3-4H2,1-2H3;2*1-2H3/b;10-9-;;;. The minimum absolute atomic E-state index is 0.110. The molecule has 0 aliphatic heterocycles. The van der Waals surface area contributed by atoms with Crippen molar-refractivity contribution in [3.63, 3.8) is 0 Å². The third-order valence-electron chi connectivity index (χ3n) is 10.9. The summed E-state index contributed by atoms with van der Waals surface area (Å²) < 4.78 is 0. The molecule has 5 aromatic rings. The fourth-order valence-corrected chi connectivity index (χ4v) is 7.03. The van der Waals surface area contributed by atoms with E-state index in [4.69, 9.17) is 0 Å². The van der Waals surface area contributed by atoms with Gasteiger partial charge >= 0.3 is 0 Å². The van der Waals surface area contributed by atoms with Crippen LogP contribution in [0.3, 0.4) is 0 Å². The lowest BCUT2D eigenvalue weighted by atomic mass is 9.69. The van der Waals surface area contributed by atoms with Gasteiger partial charge in [0, 0.05) is 23.6 Å². The minimum Gasteiger partial charge on any atom is -0.385 e. The zero-order valence-corrected chi connectivity index (χ0v) is 39.1. The van der Waals surface area contributed by atoms with Crippen molar-refractivity contribution in [2.45, 2.75) is 135 Å². The minimum atomic E-state index is 0.110. The first-order valence-corrected chi connectivity index (χ1v) is 22.1. The predicted molar refractivity (Wildman–Crippen MR) is 262 cm³/mol. The van der Waals surface area contributed by atoms with E-state index in [1.54, 1.807) is 11.1 Å². The van der Waals surface area contributed by atoms with E-state index in [1.807, 2.05) is 40.1 Å². The van der Waals surface area contributed by atoms with E-state index in [-0.39, 0.29) is 5.54 Å². The number of nitrogens with one attached hydrogen (secondary N) is 2. The topological polar surface area (TPSA) is 24.1 Å². The molecule has 6 rings (SSSR count). The SMILES string of the molecule is CC.CC.CC1=C(C)C(C)C(c2cccc(-c3cc(-c4ccccc4)cc(-c4ccccc4)c3)c2)CC1C.CCCC.Cc1cccc(C)c1N/C=C\NC(C)(C)C. The van der Waals surface area contributed by atoms with Crippen molar-refractivity contribution in [2.75, 3.05) is 5.32 Å². The number of unbranched alkanes of at least 4 members (excludes halogenated alkanes) is 1. The second-order valence-corrected chi connectivity index (χ2v) is 16.2. The van der Waals surface area contributed by atoms with Crippen molar-refractivity contribution in [3.05, 3.63) is 162 Å². The van der Waals surface area contributed by atoms with Crippen LogP contribution < -0.4 is 10.6 Å². The molecular weight excluding hydrogens is 701 g/mol. The summed E-state index contributed by atoms with van der Waals surface area (Å²) in [6.45, 7) is 32.4. The van der Waals surface area contributed by atoms with Gasteiger partial charge in [-0.15, -0.1) is 0 Å². The first-order chi connectivity index (χ1) is 27.8. The molecule has 1 aliphatic carbocycles.